The van der Waals surface area contributed by atoms with Gasteiger partial charge in [0.05, 0.1) is 0 Å². The number of alkyl carbamates (subject to hydrolysis) is 1. The summed E-state index contributed by atoms with van der Waals surface area (Å²) < 4.78 is 12.7. The molecule has 0 aliphatic carbocycles. The van der Waals surface area contributed by atoms with Gasteiger partial charge in [-0.3, -0.25) is 0 Å². The molecule has 2 rings (SSSR count). The van der Waals surface area contributed by atoms with E-state index >= 15 is 0 Å². The number of hydrogen-bond acceptors (Lipinski definition) is 4. The van der Waals surface area contributed by atoms with Gasteiger partial charge in [0.15, 0.2) is 0 Å². The van der Waals surface area contributed by atoms with Crippen LogP contribution in [0, 0.1) is 0 Å². The summed E-state index contributed by atoms with van der Waals surface area (Å²) in [7, 11) is 0. The third-order valence-corrected chi connectivity index (χ3v) is 9.80. The van der Waals surface area contributed by atoms with Crippen molar-refractivity contribution < 1.29 is 14.3 Å². The zero-order chi connectivity index (χ0) is 20.8. The van der Waals surface area contributed by atoms with Crippen molar-refractivity contribution in [3.8, 4) is 5.75 Å². The summed E-state index contributed by atoms with van der Waals surface area (Å²) >= 11 is -2.21. The maximum absolute atomic E-state index is 12.3. The van der Waals surface area contributed by atoms with E-state index in [2.05, 4.69) is 31.2 Å². The van der Waals surface area contributed by atoms with Crippen LogP contribution in [0.2, 0.25) is 14.8 Å². The number of amides is 1. The first-order valence-electron chi connectivity index (χ1n) is 9.65. The van der Waals surface area contributed by atoms with Gasteiger partial charge in [0.2, 0.25) is 0 Å². The van der Waals surface area contributed by atoms with Gasteiger partial charge in [-0.05, 0) is 0 Å². The Hall–Kier alpha value is -1.76. The molecule has 1 heterocycles. The summed E-state index contributed by atoms with van der Waals surface area (Å²) in [5.74, 6) is 0.744. The van der Waals surface area contributed by atoms with Crippen LogP contribution in [-0.4, -0.2) is 47.7 Å². The molecule has 0 bridgehead atoms. The van der Waals surface area contributed by atoms with Crippen LogP contribution in [0.3, 0.4) is 0 Å². The van der Waals surface area contributed by atoms with Crippen LogP contribution in [-0.2, 0) is 11.2 Å². The summed E-state index contributed by atoms with van der Waals surface area (Å²) in [4.78, 5) is 23.6. The van der Waals surface area contributed by atoms with Crippen molar-refractivity contribution in [2.24, 2.45) is 0 Å². The molecule has 0 saturated heterocycles. The average molecular weight is 491 g/mol. The van der Waals surface area contributed by atoms with Gasteiger partial charge < -0.3 is 0 Å². The predicted molar refractivity (Wildman–Crippen MR) is 116 cm³/mol. The molecule has 5 nitrogen and oxygen atoms in total. The Bertz CT molecular complexity index is 767. The predicted octanol–water partition coefficient (Wildman–Crippen LogP) is 4.14. The maximum atomic E-state index is 12.3. The third-order valence-electron chi connectivity index (χ3n) is 4.08. The first-order valence-corrected chi connectivity index (χ1v) is 19.6. The Morgan fingerprint density at radius 1 is 1.14 bits per heavy atom. The molecule has 1 amide bonds. The molecule has 0 unspecified atom stereocenters. The van der Waals surface area contributed by atoms with E-state index in [4.69, 9.17) is 9.47 Å². The second-order valence-corrected chi connectivity index (χ2v) is 23.5. The molecule has 1 aromatic carbocycles. The van der Waals surface area contributed by atoms with Crippen molar-refractivity contribution in [2.75, 3.05) is 6.61 Å². The number of nitrogens with one attached hydrogen (secondary N) is 1. The van der Waals surface area contributed by atoms with Gasteiger partial charge in [-0.2, -0.15) is 0 Å². The van der Waals surface area contributed by atoms with Crippen LogP contribution in [0.25, 0.3) is 0 Å². The van der Waals surface area contributed by atoms with Gasteiger partial charge >= 0.3 is 173 Å². The molecule has 1 atom stereocenters. The number of nitrogens with zero attached hydrogens (tertiary/aromatic N) is 1. The SMILES string of the molecule is CC(C)(C)OC(=O)N[C@H](COc1cnc[c]([Sn]([CH3])([CH3])[CH3])c1)Cc1ccccc1. The number of benzene rings is 1. The molecule has 2 aromatic rings. The van der Waals surface area contributed by atoms with E-state index in [1.165, 1.54) is 3.58 Å². The molecule has 6 heteroatoms. The Labute approximate surface area is 172 Å². The van der Waals surface area contributed by atoms with Crippen LogP contribution < -0.4 is 13.6 Å². The van der Waals surface area contributed by atoms with Crippen molar-refractivity contribution in [3.05, 3.63) is 54.4 Å². The summed E-state index contributed by atoms with van der Waals surface area (Å²) in [5, 5.41) is 2.94. The normalized spacial score (nSPS) is 12.9. The zero-order valence-corrected chi connectivity index (χ0v) is 20.6. The van der Waals surface area contributed by atoms with Crippen molar-refractivity contribution in [1.29, 1.82) is 0 Å². The molecule has 0 fully saturated rings. The Morgan fingerprint density at radius 2 is 1.82 bits per heavy atom. The second-order valence-electron chi connectivity index (χ2n) is 9.00. The van der Waals surface area contributed by atoms with E-state index in [1.807, 2.05) is 57.3 Å². The van der Waals surface area contributed by atoms with Crippen LogP contribution in [0.5, 0.6) is 5.75 Å². The van der Waals surface area contributed by atoms with Crippen LogP contribution in [0.15, 0.2) is 48.8 Å². The van der Waals surface area contributed by atoms with E-state index in [1.54, 1.807) is 6.20 Å². The second kappa shape index (κ2) is 9.63. The fourth-order valence-corrected chi connectivity index (χ4v) is 5.59. The van der Waals surface area contributed by atoms with Crippen molar-refractivity contribution in [1.82, 2.24) is 10.3 Å². The summed E-state index contributed by atoms with van der Waals surface area (Å²) in [5.41, 5.74) is 0.588. The van der Waals surface area contributed by atoms with Crippen molar-refractivity contribution >= 4 is 28.0 Å². The van der Waals surface area contributed by atoms with Crippen LogP contribution >= 0.6 is 0 Å². The number of pyridine rings is 1. The molecule has 0 saturated carbocycles. The molecule has 152 valence electrons. The molecule has 0 radical (unpaired) electrons. The summed E-state index contributed by atoms with van der Waals surface area (Å²) in [6, 6.07) is 11.9. The van der Waals surface area contributed by atoms with Gasteiger partial charge in [0, 0.05) is 0 Å². The minimum atomic E-state index is -2.21. The number of hydrogen-bond donors (Lipinski definition) is 1. The van der Waals surface area contributed by atoms with Gasteiger partial charge in [-0.25, -0.2) is 0 Å². The third kappa shape index (κ3) is 8.08. The number of rotatable bonds is 7. The fourth-order valence-electron chi connectivity index (χ4n) is 2.63. The van der Waals surface area contributed by atoms with E-state index in [-0.39, 0.29) is 6.04 Å². The summed E-state index contributed by atoms with van der Waals surface area (Å²) in [6.45, 7) is 5.90. The van der Waals surface area contributed by atoms with Crippen molar-refractivity contribution in [2.45, 2.75) is 53.7 Å². The summed E-state index contributed by atoms with van der Waals surface area (Å²) in [6.07, 6.45) is 3.90. The first-order chi connectivity index (χ1) is 13.0. The van der Waals surface area contributed by atoms with E-state index in [9.17, 15) is 4.79 Å². The topological polar surface area (TPSA) is 60.5 Å². The fraction of sp³-hybridized carbons (Fsp3) is 0.455. The van der Waals surface area contributed by atoms with E-state index in [0.29, 0.717) is 13.0 Å². The van der Waals surface area contributed by atoms with Crippen molar-refractivity contribution in [3.63, 3.8) is 0 Å². The minimum absolute atomic E-state index is 0.209. The quantitative estimate of drug-likeness (QED) is 0.592. The van der Waals surface area contributed by atoms with Crippen LogP contribution in [0.4, 0.5) is 4.79 Å². The molecule has 0 spiro atoms. The number of carbonyl (C=O) groups excluding carboxylic acids is 1. The van der Waals surface area contributed by atoms with E-state index < -0.39 is 30.1 Å². The Morgan fingerprint density at radius 3 is 2.43 bits per heavy atom. The molecule has 1 N–H and O–H groups in total. The Kier molecular flexibility index (Phi) is 7.75. The number of aromatic nitrogens is 1. The molecule has 28 heavy (non-hydrogen) atoms. The molecule has 0 aliphatic rings. The standard InChI is InChI=1S/C19H23N2O3.3CH3.Sn/c1-19(2,3)24-18(22)21-16(12-15-8-5-4-6-9-15)14-23-17-10-7-11-20-13-17;;;;/h4-6,8-11,13,16H,12,14H2,1-3H3,(H,21,22);3*1H3;/t16-;;;;/m0..../s1. The molecular weight excluding hydrogens is 459 g/mol. The number of carbonyl (C=O) groups is 1. The number of ether oxygens (including phenoxy) is 2. The van der Waals surface area contributed by atoms with Gasteiger partial charge in [0.25, 0.3) is 0 Å². The van der Waals surface area contributed by atoms with E-state index in [0.717, 1.165) is 11.3 Å². The monoisotopic (exact) mass is 492 g/mol. The van der Waals surface area contributed by atoms with Gasteiger partial charge in [-0.1, -0.05) is 0 Å². The van der Waals surface area contributed by atoms with Gasteiger partial charge in [0.1, 0.15) is 0 Å². The van der Waals surface area contributed by atoms with Gasteiger partial charge in [-0.15, -0.1) is 0 Å². The zero-order valence-electron chi connectivity index (χ0n) is 17.8. The first kappa shape index (κ1) is 22.5. The Balaban J connectivity index is 2.07. The molecule has 1 aromatic heterocycles. The molecule has 0 aliphatic heterocycles. The molecular formula is C22H32N2O3Sn. The van der Waals surface area contributed by atoms with Crippen LogP contribution in [0.1, 0.15) is 26.3 Å². The average Bonchev–Trinajstić information content (AvgIpc) is 2.58.